The van der Waals surface area contributed by atoms with Crippen molar-refractivity contribution < 1.29 is 17.6 Å². The van der Waals surface area contributed by atoms with Gasteiger partial charge in [-0.25, -0.2) is 24.3 Å². The second-order valence-electron chi connectivity index (χ2n) is 8.26. The molecule has 12 heteroatoms. The van der Waals surface area contributed by atoms with Crippen molar-refractivity contribution in [3.8, 4) is 11.3 Å². The first-order chi connectivity index (χ1) is 16.8. The molecule has 3 N–H and O–H groups in total. The van der Waals surface area contributed by atoms with Gasteiger partial charge in [0.05, 0.1) is 11.2 Å². The lowest BCUT2D eigenvalue weighted by molar-refractivity contribution is -0.141. The molecule has 5 rings (SSSR count). The summed E-state index contributed by atoms with van der Waals surface area (Å²) in [6.07, 6.45) is -2.20. The standard InChI is InChI=1S/C23H22F4N8/c1-13(35-8-6-28-7-9-35)14-4-5-29-19(10-14)33-22-32-16-3-2-15(20(24)21(16)34-22)17-11-18(23(25,26)27)31-12-30-17/h2-5,10-13,28H,6-9H2,1H3,(H2,29,32,33,34). The van der Waals surface area contributed by atoms with Crippen molar-refractivity contribution >= 4 is 22.8 Å². The number of hydrogen-bond acceptors (Lipinski definition) is 7. The van der Waals surface area contributed by atoms with Gasteiger partial charge >= 0.3 is 6.18 Å². The number of halogens is 4. The minimum absolute atomic E-state index is 0.0255. The molecular formula is C23H22F4N8. The van der Waals surface area contributed by atoms with E-state index in [1.807, 2.05) is 12.1 Å². The van der Waals surface area contributed by atoms with Crippen LogP contribution in [0.15, 0.2) is 42.9 Å². The highest BCUT2D eigenvalue weighted by atomic mass is 19.4. The Bertz CT molecular complexity index is 1350. The minimum atomic E-state index is -4.66. The zero-order valence-electron chi connectivity index (χ0n) is 18.7. The van der Waals surface area contributed by atoms with Crippen LogP contribution in [0.2, 0.25) is 0 Å². The van der Waals surface area contributed by atoms with Crippen molar-refractivity contribution in [2.24, 2.45) is 0 Å². The number of imidazole rings is 1. The highest BCUT2D eigenvalue weighted by Crippen LogP contribution is 2.32. The van der Waals surface area contributed by atoms with Crippen LogP contribution in [0.5, 0.6) is 0 Å². The zero-order valence-corrected chi connectivity index (χ0v) is 18.7. The summed E-state index contributed by atoms with van der Waals surface area (Å²) in [7, 11) is 0. The van der Waals surface area contributed by atoms with Crippen molar-refractivity contribution in [1.82, 2.24) is 35.1 Å². The summed E-state index contributed by atoms with van der Waals surface area (Å²) in [6, 6.07) is 7.69. The molecule has 0 amide bonds. The Morgan fingerprint density at radius 1 is 1.06 bits per heavy atom. The topological polar surface area (TPSA) is 94.6 Å². The minimum Gasteiger partial charge on any atom is -0.324 e. The molecule has 4 aromatic rings. The van der Waals surface area contributed by atoms with Crippen molar-refractivity contribution in [3.63, 3.8) is 0 Å². The number of aromatic nitrogens is 5. The molecule has 1 aliphatic rings. The van der Waals surface area contributed by atoms with Gasteiger partial charge < -0.3 is 15.6 Å². The number of nitrogens with zero attached hydrogens (tertiary/aromatic N) is 5. The number of piperazine rings is 1. The molecule has 35 heavy (non-hydrogen) atoms. The lowest BCUT2D eigenvalue weighted by atomic mass is 10.1. The molecule has 3 aromatic heterocycles. The Hall–Kier alpha value is -3.64. The third kappa shape index (κ3) is 4.80. The summed E-state index contributed by atoms with van der Waals surface area (Å²) in [5.41, 5.74) is 0.00575. The van der Waals surface area contributed by atoms with Crippen molar-refractivity contribution in [2.75, 3.05) is 31.5 Å². The average molecular weight is 486 g/mol. The lowest BCUT2D eigenvalue weighted by Crippen LogP contribution is -2.44. The van der Waals surface area contributed by atoms with Crippen LogP contribution in [-0.4, -0.2) is 56.0 Å². The Kier molecular flexibility index (Phi) is 6.07. The van der Waals surface area contributed by atoms with E-state index in [4.69, 9.17) is 0 Å². The van der Waals surface area contributed by atoms with Crippen LogP contribution in [0.4, 0.5) is 29.3 Å². The molecule has 1 fully saturated rings. The number of hydrogen-bond donors (Lipinski definition) is 3. The van der Waals surface area contributed by atoms with Crippen molar-refractivity contribution in [3.05, 3.63) is 59.9 Å². The van der Waals surface area contributed by atoms with E-state index in [1.54, 1.807) is 6.20 Å². The van der Waals surface area contributed by atoms with Gasteiger partial charge in [0.25, 0.3) is 0 Å². The predicted octanol–water partition coefficient (Wildman–Crippen LogP) is 4.28. The molecule has 0 aliphatic carbocycles. The molecule has 4 heterocycles. The Morgan fingerprint density at radius 3 is 2.63 bits per heavy atom. The van der Waals surface area contributed by atoms with Gasteiger partial charge in [-0.05, 0) is 42.8 Å². The monoisotopic (exact) mass is 486 g/mol. The predicted molar refractivity (Wildman–Crippen MR) is 122 cm³/mol. The molecule has 182 valence electrons. The van der Waals surface area contributed by atoms with Crippen LogP contribution in [0, 0.1) is 5.82 Å². The number of fused-ring (bicyclic) bond motifs is 1. The second-order valence-corrected chi connectivity index (χ2v) is 8.26. The highest BCUT2D eigenvalue weighted by Gasteiger charge is 2.33. The molecule has 1 atom stereocenters. The van der Waals surface area contributed by atoms with E-state index in [-0.39, 0.29) is 28.8 Å². The smallest absolute Gasteiger partial charge is 0.324 e. The average Bonchev–Trinajstić information content (AvgIpc) is 3.27. The third-order valence-corrected chi connectivity index (χ3v) is 6.04. The molecule has 1 aromatic carbocycles. The SMILES string of the molecule is CC(c1ccnc(Nc2nc3c(F)c(-c4cc(C(F)(F)F)ncn4)ccc3[nH]2)c1)N1CCNCC1. The largest absolute Gasteiger partial charge is 0.433 e. The lowest BCUT2D eigenvalue weighted by Gasteiger charge is -2.33. The van der Waals surface area contributed by atoms with Gasteiger partial charge in [-0.1, -0.05) is 0 Å². The number of nitrogens with one attached hydrogen (secondary N) is 3. The Balaban J connectivity index is 1.41. The quantitative estimate of drug-likeness (QED) is 0.363. The summed E-state index contributed by atoms with van der Waals surface area (Å²) < 4.78 is 54.3. The van der Waals surface area contributed by atoms with Crippen LogP contribution >= 0.6 is 0 Å². The van der Waals surface area contributed by atoms with Crippen LogP contribution < -0.4 is 10.6 Å². The van der Waals surface area contributed by atoms with Gasteiger partial charge in [-0.2, -0.15) is 13.2 Å². The Labute approximate surface area is 197 Å². The normalized spacial score (nSPS) is 15.9. The maximum Gasteiger partial charge on any atom is 0.433 e. The molecule has 1 aliphatic heterocycles. The number of anilines is 2. The maximum absolute atomic E-state index is 15.2. The van der Waals surface area contributed by atoms with Crippen molar-refractivity contribution in [1.29, 1.82) is 0 Å². The first-order valence-electron chi connectivity index (χ1n) is 11.0. The summed E-state index contributed by atoms with van der Waals surface area (Å²) in [5, 5.41) is 6.40. The maximum atomic E-state index is 15.2. The fourth-order valence-corrected chi connectivity index (χ4v) is 4.14. The molecule has 0 spiro atoms. The Morgan fingerprint density at radius 2 is 1.86 bits per heavy atom. The summed E-state index contributed by atoms with van der Waals surface area (Å²) in [5.74, 6) is 0.0108. The fraction of sp³-hybridized carbons (Fsp3) is 0.304. The fourth-order valence-electron chi connectivity index (χ4n) is 4.14. The van der Waals surface area contributed by atoms with Gasteiger partial charge in [0.1, 0.15) is 23.4 Å². The van der Waals surface area contributed by atoms with E-state index < -0.39 is 17.7 Å². The number of rotatable bonds is 5. The number of H-pyrrole nitrogens is 1. The van der Waals surface area contributed by atoms with E-state index >= 15 is 4.39 Å². The molecule has 0 radical (unpaired) electrons. The molecule has 0 bridgehead atoms. The first kappa shape index (κ1) is 23.1. The number of benzene rings is 1. The van der Waals surface area contributed by atoms with E-state index in [9.17, 15) is 13.2 Å². The van der Waals surface area contributed by atoms with E-state index in [1.165, 1.54) is 12.1 Å². The van der Waals surface area contributed by atoms with Gasteiger partial charge in [0, 0.05) is 44.0 Å². The van der Waals surface area contributed by atoms with Gasteiger partial charge in [0.2, 0.25) is 5.95 Å². The van der Waals surface area contributed by atoms with Crippen molar-refractivity contribution in [2.45, 2.75) is 19.1 Å². The molecule has 1 saturated heterocycles. The molecule has 8 nitrogen and oxygen atoms in total. The summed E-state index contributed by atoms with van der Waals surface area (Å²) in [6.45, 7) is 5.93. The highest BCUT2D eigenvalue weighted by molar-refractivity contribution is 5.84. The first-order valence-corrected chi connectivity index (χ1v) is 11.0. The van der Waals surface area contributed by atoms with Gasteiger partial charge in [0.15, 0.2) is 5.82 Å². The van der Waals surface area contributed by atoms with E-state index in [0.29, 0.717) is 17.4 Å². The van der Waals surface area contributed by atoms with Gasteiger partial charge in [-0.15, -0.1) is 0 Å². The van der Waals surface area contributed by atoms with E-state index in [0.717, 1.165) is 38.1 Å². The van der Waals surface area contributed by atoms with Crippen LogP contribution in [0.3, 0.4) is 0 Å². The van der Waals surface area contributed by atoms with Crippen LogP contribution in [0.1, 0.15) is 24.2 Å². The number of alkyl halides is 3. The molecular weight excluding hydrogens is 464 g/mol. The summed E-state index contributed by atoms with van der Waals surface area (Å²) >= 11 is 0. The third-order valence-electron chi connectivity index (χ3n) is 6.04. The molecule has 1 unspecified atom stereocenters. The number of pyridine rings is 1. The zero-order chi connectivity index (χ0) is 24.6. The van der Waals surface area contributed by atoms with E-state index in [2.05, 4.69) is 47.4 Å². The number of aromatic amines is 1. The van der Waals surface area contributed by atoms with Gasteiger partial charge in [-0.3, -0.25) is 4.90 Å². The summed E-state index contributed by atoms with van der Waals surface area (Å²) in [4.78, 5) is 21.0. The molecule has 0 saturated carbocycles. The van der Waals surface area contributed by atoms with Crippen LogP contribution in [-0.2, 0) is 6.18 Å². The van der Waals surface area contributed by atoms with Crippen LogP contribution in [0.25, 0.3) is 22.3 Å². The second kappa shape index (κ2) is 9.19.